The van der Waals surface area contributed by atoms with Crippen LogP contribution in [0.3, 0.4) is 0 Å². The van der Waals surface area contributed by atoms with Crippen molar-refractivity contribution in [3.8, 4) is 11.5 Å². The molecule has 21 heavy (non-hydrogen) atoms. The number of rotatable bonds is 6. The Hall–Kier alpha value is -2.17. The fourth-order valence-electron chi connectivity index (χ4n) is 2.41. The van der Waals surface area contributed by atoms with E-state index in [1.165, 1.54) is 0 Å². The molecule has 0 saturated carbocycles. The summed E-state index contributed by atoms with van der Waals surface area (Å²) in [5.41, 5.74) is 3.17. The Morgan fingerprint density at radius 2 is 2.05 bits per heavy atom. The van der Waals surface area contributed by atoms with Gasteiger partial charge in [-0.05, 0) is 31.5 Å². The molecule has 1 atom stereocenters. The van der Waals surface area contributed by atoms with E-state index in [-0.39, 0.29) is 6.04 Å². The summed E-state index contributed by atoms with van der Waals surface area (Å²) in [5, 5.41) is 7.96. The van der Waals surface area contributed by atoms with Gasteiger partial charge in [-0.2, -0.15) is 5.10 Å². The summed E-state index contributed by atoms with van der Waals surface area (Å²) in [7, 11) is 5.28. The molecule has 5 heteroatoms. The third-order valence-corrected chi connectivity index (χ3v) is 3.52. The zero-order chi connectivity index (χ0) is 15.4. The van der Waals surface area contributed by atoms with Crippen molar-refractivity contribution in [1.82, 2.24) is 9.78 Å². The summed E-state index contributed by atoms with van der Waals surface area (Å²) >= 11 is 0. The first-order chi connectivity index (χ1) is 10.1. The van der Waals surface area contributed by atoms with Crippen LogP contribution < -0.4 is 14.8 Å². The summed E-state index contributed by atoms with van der Waals surface area (Å²) in [4.78, 5) is 0. The van der Waals surface area contributed by atoms with Crippen LogP contribution in [0.4, 0.5) is 5.69 Å². The summed E-state index contributed by atoms with van der Waals surface area (Å²) < 4.78 is 12.6. The van der Waals surface area contributed by atoms with Crippen molar-refractivity contribution in [1.29, 1.82) is 0 Å². The van der Waals surface area contributed by atoms with Crippen LogP contribution in [-0.4, -0.2) is 24.0 Å². The number of nitrogens with one attached hydrogen (secondary N) is 1. The topological polar surface area (TPSA) is 48.3 Å². The number of anilines is 1. The summed E-state index contributed by atoms with van der Waals surface area (Å²) in [6.07, 6.45) is 2.90. The van der Waals surface area contributed by atoms with Gasteiger partial charge in [-0.25, -0.2) is 0 Å². The minimum atomic E-state index is 0.0875. The van der Waals surface area contributed by atoms with E-state index in [0.717, 1.165) is 34.9 Å². The SMILES string of the molecule is CCc1nn(C)cc1NC(C)c1cc(OC)ccc1OC. The highest BCUT2D eigenvalue weighted by molar-refractivity contribution is 5.51. The zero-order valence-electron chi connectivity index (χ0n) is 13.3. The van der Waals surface area contributed by atoms with Crippen LogP contribution in [0.15, 0.2) is 24.4 Å². The molecule has 114 valence electrons. The molecule has 2 rings (SSSR count). The van der Waals surface area contributed by atoms with Gasteiger partial charge in [0.15, 0.2) is 0 Å². The summed E-state index contributed by atoms with van der Waals surface area (Å²) in [5.74, 6) is 1.67. The van der Waals surface area contributed by atoms with Crippen LogP contribution >= 0.6 is 0 Å². The van der Waals surface area contributed by atoms with E-state index in [1.54, 1.807) is 14.2 Å². The lowest BCUT2D eigenvalue weighted by atomic mass is 10.1. The molecule has 0 fully saturated rings. The average molecular weight is 289 g/mol. The van der Waals surface area contributed by atoms with E-state index in [4.69, 9.17) is 9.47 Å². The molecule has 5 nitrogen and oxygen atoms in total. The van der Waals surface area contributed by atoms with Gasteiger partial charge >= 0.3 is 0 Å². The number of methoxy groups -OCH3 is 2. The molecule has 1 heterocycles. The number of aryl methyl sites for hydroxylation is 2. The predicted octanol–water partition coefficient (Wildman–Crippen LogP) is 3.17. The van der Waals surface area contributed by atoms with Crippen molar-refractivity contribution in [3.63, 3.8) is 0 Å². The first kappa shape index (κ1) is 15.2. The monoisotopic (exact) mass is 289 g/mol. The Morgan fingerprint density at radius 1 is 1.29 bits per heavy atom. The van der Waals surface area contributed by atoms with E-state index >= 15 is 0 Å². The molecule has 0 aliphatic carbocycles. The van der Waals surface area contributed by atoms with E-state index in [1.807, 2.05) is 36.1 Å². The van der Waals surface area contributed by atoms with Gasteiger partial charge in [-0.3, -0.25) is 4.68 Å². The van der Waals surface area contributed by atoms with E-state index in [2.05, 4.69) is 24.3 Å². The highest BCUT2D eigenvalue weighted by Crippen LogP contribution is 2.31. The van der Waals surface area contributed by atoms with Crippen molar-refractivity contribution in [3.05, 3.63) is 35.7 Å². The van der Waals surface area contributed by atoms with Gasteiger partial charge in [0, 0.05) is 18.8 Å². The maximum Gasteiger partial charge on any atom is 0.124 e. The number of hydrogen-bond donors (Lipinski definition) is 1. The van der Waals surface area contributed by atoms with Gasteiger partial charge in [0.2, 0.25) is 0 Å². The zero-order valence-corrected chi connectivity index (χ0v) is 13.3. The van der Waals surface area contributed by atoms with E-state index in [9.17, 15) is 0 Å². The second-order valence-electron chi connectivity index (χ2n) is 4.99. The largest absolute Gasteiger partial charge is 0.497 e. The van der Waals surface area contributed by atoms with Crippen LogP contribution in [0.5, 0.6) is 11.5 Å². The van der Waals surface area contributed by atoms with Gasteiger partial charge < -0.3 is 14.8 Å². The maximum atomic E-state index is 5.45. The van der Waals surface area contributed by atoms with Crippen molar-refractivity contribution < 1.29 is 9.47 Å². The van der Waals surface area contributed by atoms with Crippen LogP contribution in [0, 0.1) is 0 Å². The second-order valence-corrected chi connectivity index (χ2v) is 4.99. The third kappa shape index (κ3) is 3.29. The second kappa shape index (κ2) is 6.52. The molecule has 0 aliphatic heterocycles. The highest BCUT2D eigenvalue weighted by Gasteiger charge is 2.15. The smallest absolute Gasteiger partial charge is 0.124 e. The molecule has 0 saturated heterocycles. The number of nitrogens with zero attached hydrogens (tertiary/aromatic N) is 2. The van der Waals surface area contributed by atoms with Crippen molar-refractivity contribution in [2.45, 2.75) is 26.3 Å². The third-order valence-electron chi connectivity index (χ3n) is 3.52. The molecule has 0 spiro atoms. The fraction of sp³-hybridized carbons (Fsp3) is 0.438. The molecule has 0 bridgehead atoms. The fourth-order valence-corrected chi connectivity index (χ4v) is 2.41. The molecular formula is C16H23N3O2. The van der Waals surface area contributed by atoms with Crippen LogP contribution in [-0.2, 0) is 13.5 Å². The molecule has 0 radical (unpaired) electrons. The standard InChI is InChI=1S/C16H23N3O2/c1-6-14-15(10-19(3)18-14)17-11(2)13-9-12(20-4)7-8-16(13)21-5/h7-11,17H,6H2,1-5H3. The molecule has 0 aliphatic rings. The van der Waals surface area contributed by atoms with Crippen molar-refractivity contribution in [2.24, 2.45) is 7.05 Å². The Morgan fingerprint density at radius 3 is 2.67 bits per heavy atom. The van der Waals surface area contributed by atoms with Crippen LogP contribution in [0.2, 0.25) is 0 Å². The lowest BCUT2D eigenvalue weighted by Crippen LogP contribution is -2.09. The van der Waals surface area contributed by atoms with Crippen molar-refractivity contribution in [2.75, 3.05) is 19.5 Å². The minimum Gasteiger partial charge on any atom is -0.497 e. The molecule has 1 unspecified atom stereocenters. The number of benzene rings is 1. The normalized spacial score (nSPS) is 12.0. The molecule has 2 aromatic rings. The van der Waals surface area contributed by atoms with Gasteiger partial charge in [0.05, 0.1) is 31.6 Å². The van der Waals surface area contributed by atoms with Crippen LogP contribution in [0.1, 0.15) is 31.1 Å². The molecule has 0 amide bonds. The molecular weight excluding hydrogens is 266 g/mol. The van der Waals surface area contributed by atoms with Gasteiger partial charge in [-0.15, -0.1) is 0 Å². The quantitative estimate of drug-likeness (QED) is 0.887. The van der Waals surface area contributed by atoms with Crippen molar-refractivity contribution >= 4 is 5.69 Å². The van der Waals surface area contributed by atoms with E-state index in [0.29, 0.717) is 0 Å². The minimum absolute atomic E-state index is 0.0875. The Bertz CT molecular complexity index is 608. The predicted molar refractivity (Wildman–Crippen MR) is 84.2 cm³/mol. The molecule has 1 N–H and O–H groups in total. The van der Waals surface area contributed by atoms with Gasteiger partial charge in [-0.1, -0.05) is 6.92 Å². The molecule has 1 aromatic carbocycles. The number of ether oxygens (including phenoxy) is 2. The number of hydrogen-bond acceptors (Lipinski definition) is 4. The lowest BCUT2D eigenvalue weighted by Gasteiger charge is -2.19. The Kier molecular flexibility index (Phi) is 4.73. The Balaban J connectivity index is 2.28. The first-order valence-corrected chi connectivity index (χ1v) is 7.10. The first-order valence-electron chi connectivity index (χ1n) is 7.10. The van der Waals surface area contributed by atoms with Gasteiger partial charge in [0.1, 0.15) is 11.5 Å². The molecule has 1 aromatic heterocycles. The Labute approximate surface area is 125 Å². The van der Waals surface area contributed by atoms with Crippen LogP contribution in [0.25, 0.3) is 0 Å². The lowest BCUT2D eigenvalue weighted by molar-refractivity contribution is 0.397. The summed E-state index contributed by atoms with van der Waals surface area (Å²) in [6.45, 7) is 4.20. The van der Waals surface area contributed by atoms with Gasteiger partial charge in [0.25, 0.3) is 0 Å². The number of aromatic nitrogens is 2. The summed E-state index contributed by atoms with van der Waals surface area (Å²) in [6, 6.07) is 5.91. The average Bonchev–Trinajstić information content (AvgIpc) is 2.86. The van der Waals surface area contributed by atoms with E-state index < -0.39 is 0 Å². The highest BCUT2D eigenvalue weighted by atomic mass is 16.5. The maximum absolute atomic E-state index is 5.45.